The average Bonchev–Trinajstić information content (AvgIpc) is 2.90. The molecule has 110 valence electrons. The van der Waals surface area contributed by atoms with Crippen LogP contribution < -0.4 is 5.73 Å². The molecule has 7 heteroatoms. The topological polar surface area (TPSA) is 61.5 Å². The highest BCUT2D eigenvalue weighted by atomic mass is 19.4. The van der Waals surface area contributed by atoms with Crippen molar-refractivity contribution in [2.45, 2.75) is 25.1 Å². The molecule has 1 fully saturated rings. The first-order valence-electron chi connectivity index (χ1n) is 6.05. The highest BCUT2D eigenvalue weighted by Crippen LogP contribution is 2.41. The monoisotopic (exact) mass is 289 g/mol. The summed E-state index contributed by atoms with van der Waals surface area (Å²) in [6.45, 7) is 0.403. The predicted molar refractivity (Wildman–Crippen MR) is 65.1 cm³/mol. The zero-order valence-corrected chi connectivity index (χ0v) is 10.8. The lowest BCUT2D eigenvalue weighted by Gasteiger charge is -2.19. The Labute approximate surface area is 113 Å². The number of ether oxygens (including phenoxy) is 2. The number of nitrogens with two attached hydrogens (primary N) is 1. The van der Waals surface area contributed by atoms with E-state index in [1.807, 2.05) is 0 Å². The molecule has 0 radical (unpaired) electrons. The Balaban J connectivity index is 2.57. The van der Waals surface area contributed by atoms with Crippen LogP contribution in [0.5, 0.6) is 0 Å². The number of methoxy groups -OCH3 is 1. The third-order valence-electron chi connectivity index (χ3n) is 3.21. The van der Waals surface area contributed by atoms with E-state index in [-0.39, 0.29) is 16.8 Å². The molecule has 2 rings (SSSR count). The molecule has 0 saturated carbocycles. The number of alkyl halides is 3. The van der Waals surface area contributed by atoms with Gasteiger partial charge in [0.05, 0.1) is 24.3 Å². The van der Waals surface area contributed by atoms with Gasteiger partial charge in [0.1, 0.15) is 0 Å². The van der Waals surface area contributed by atoms with Gasteiger partial charge in [0.25, 0.3) is 0 Å². The van der Waals surface area contributed by atoms with Crippen LogP contribution in [0.15, 0.2) is 12.1 Å². The maximum atomic E-state index is 13.1. The van der Waals surface area contributed by atoms with Crippen LogP contribution in [0.3, 0.4) is 0 Å². The standard InChI is InChI=1S/C13H14F3NO3/c1-19-12(18)8-5-7(11-3-2-4-20-11)9(6-10(8)17)13(14,15)16/h5-6,11H,2-4,17H2,1H3. The highest BCUT2D eigenvalue weighted by Gasteiger charge is 2.37. The quantitative estimate of drug-likeness (QED) is 0.671. The zero-order valence-electron chi connectivity index (χ0n) is 10.8. The maximum absolute atomic E-state index is 13.1. The molecule has 0 aromatic heterocycles. The minimum Gasteiger partial charge on any atom is -0.465 e. The number of hydrogen-bond donors (Lipinski definition) is 1. The van der Waals surface area contributed by atoms with Gasteiger partial charge in [0, 0.05) is 12.3 Å². The molecule has 0 spiro atoms. The van der Waals surface area contributed by atoms with Crippen molar-refractivity contribution in [3.63, 3.8) is 0 Å². The molecule has 0 amide bonds. The Morgan fingerprint density at radius 1 is 1.45 bits per heavy atom. The third kappa shape index (κ3) is 2.72. The fraction of sp³-hybridized carbons (Fsp3) is 0.462. The van der Waals surface area contributed by atoms with Gasteiger partial charge in [-0.15, -0.1) is 0 Å². The van der Waals surface area contributed by atoms with E-state index >= 15 is 0 Å². The summed E-state index contributed by atoms with van der Waals surface area (Å²) in [4.78, 5) is 11.5. The van der Waals surface area contributed by atoms with Crippen LogP contribution in [0, 0.1) is 0 Å². The third-order valence-corrected chi connectivity index (χ3v) is 3.21. The Morgan fingerprint density at radius 2 is 2.15 bits per heavy atom. The molecule has 1 aromatic rings. The van der Waals surface area contributed by atoms with Gasteiger partial charge >= 0.3 is 12.1 Å². The lowest BCUT2D eigenvalue weighted by Crippen LogP contribution is -2.16. The molecule has 0 bridgehead atoms. The first-order valence-corrected chi connectivity index (χ1v) is 6.05. The molecule has 1 unspecified atom stereocenters. The predicted octanol–water partition coefficient (Wildman–Crippen LogP) is 2.93. The maximum Gasteiger partial charge on any atom is 0.416 e. The lowest BCUT2D eigenvalue weighted by atomic mass is 9.96. The number of halogens is 3. The number of hydrogen-bond acceptors (Lipinski definition) is 4. The van der Waals surface area contributed by atoms with Crippen LogP contribution in [0.4, 0.5) is 18.9 Å². The fourth-order valence-electron chi connectivity index (χ4n) is 2.25. The molecule has 0 aliphatic carbocycles. The van der Waals surface area contributed by atoms with E-state index in [9.17, 15) is 18.0 Å². The van der Waals surface area contributed by atoms with E-state index in [0.29, 0.717) is 19.4 Å². The van der Waals surface area contributed by atoms with Crippen LogP contribution >= 0.6 is 0 Å². The van der Waals surface area contributed by atoms with Crippen molar-refractivity contribution in [3.8, 4) is 0 Å². The van der Waals surface area contributed by atoms with E-state index in [4.69, 9.17) is 10.5 Å². The number of esters is 1. The molecule has 1 saturated heterocycles. The Hall–Kier alpha value is -1.76. The summed E-state index contributed by atoms with van der Waals surface area (Å²) in [5.74, 6) is -0.768. The normalized spacial score (nSPS) is 19.1. The minimum absolute atomic E-state index is 0.0652. The Morgan fingerprint density at radius 3 is 2.65 bits per heavy atom. The first kappa shape index (κ1) is 14.6. The Kier molecular flexibility index (Phi) is 3.89. The van der Waals surface area contributed by atoms with Gasteiger partial charge < -0.3 is 15.2 Å². The minimum atomic E-state index is -4.55. The Bertz CT molecular complexity index is 522. The number of carbonyl (C=O) groups is 1. The van der Waals surface area contributed by atoms with Crippen molar-refractivity contribution < 1.29 is 27.4 Å². The molecule has 2 N–H and O–H groups in total. The van der Waals surface area contributed by atoms with Crippen molar-refractivity contribution in [1.29, 1.82) is 0 Å². The van der Waals surface area contributed by atoms with Crippen molar-refractivity contribution in [2.24, 2.45) is 0 Å². The van der Waals surface area contributed by atoms with E-state index < -0.39 is 23.8 Å². The number of anilines is 1. The SMILES string of the molecule is COC(=O)c1cc(C2CCCO2)c(C(F)(F)F)cc1N. The number of benzene rings is 1. The second kappa shape index (κ2) is 5.32. The zero-order chi connectivity index (χ0) is 14.9. The van der Waals surface area contributed by atoms with Crippen molar-refractivity contribution in [1.82, 2.24) is 0 Å². The number of rotatable bonds is 2. The summed E-state index contributed by atoms with van der Waals surface area (Å²) >= 11 is 0. The molecule has 1 atom stereocenters. The van der Waals surface area contributed by atoms with Gasteiger partial charge in [0.15, 0.2) is 0 Å². The summed E-state index contributed by atoms with van der Waals surface area (Å²) in [6.07, 6.45) is -4.06. The molecule has 1 aliphatic heterocycles. The molecule has 20 heavy (non-hydrogen) atoms. The van der Waals surface area contributed by atoms with E-state index in [0.717, 1.165) is 19.2 Å². The summed E-state index contributed by atoms with van der Waals surface area (Å²) in [5.41, 5.74) is 4.25. The van der Waals surface area contributed by atoms with Gasteiger partial charge in [0.2, 0.25) is 0 Å². The molecular formula is C13H14F3NO3. The van der Waals surface area contributed by atoms with Crippen LogP contribution in [0.2, 0.25) is 0 Å². The molecule has 1 aromatic carbocycles. The van der Waals surface area contributed by atoms with Gasteiger partial charge in [-0.2, -0.15) is 13.2 Å². The van der Waals surface area contributed by atoms with Crippen molar-refractivity contribution in [3.05, 3.63) is 28.8 Å². The second-order valence-electron chi connectivity index (χ2n) is 4.52. The van der Waals surface area contributed by atoms with Gasteiger partial charge in [-0.3, -0.25) is 0 Å². The molecule has 4 nitrogen and oxygen atoms in total. The smallest absolute Gasteiger partial charge is 0.416 e. The number of carbonyl (C=O) groups excluding carboxylic acids is 1. The second-order valence-corrected chi connectivity index (χ2v) is 4.52. The van der Waals surface area contributed by atoms with Crippen LogP contribution in [0.25, 0.3) is 0 Å². The van der Waals surface area contributed by atoms with E-state index in [2.05, 4.69) is 4.74 Å². The highest BCUT2D eigenvalue weighted by molar-refractivity contribution is 5.95. The fourth-order valence-corrected chi connectivity index (χ4v) is 2.25. The summed E-state index contributed by atoms with van der Waals surface area (Å²) < 4.78 is 49.0. The van der Waals surface area contributed by atoms with Crippen LogP contribution in [-0.2, 0) is 15.7 Å². The largest absolute Gasteiger partial charge is 0.465 e. The summed E-state index contributed by atoms with van der Waals surface area (Å²) in [7, 11) is 1.14. The molecule has 1 aliphatic rings. The van der Waals surface area contributed by atoms with Crippen molar-refractivity contribution >= 4 is 11.7 Å². The van der Waals surface area contributed by atoms with Gasteiger partial charge in [-0.25, -0.2) is 4.79 Å². The summed E-state index contributed by atoms with van der Waals surface area (Å²) in [6, 6.07) is 1.89. The van der Waals surface area contributed by atoms with Gasteiger partial charge in [-0.05, 0) is 30.5 Å². The summed E-state index contributed by atoms with van der Waals surface area (Å²) in [5, 5.41) is 0. The lowest BCUT2D eigenvalue weighted by molar-refractivity contribution is -0.139. The first-order chi connectivity index (χ1) is 9.34. The van der Waals surface area contributed by atoms with Crippen molar-refractivity contribution in [2.75, 3.05) is 19.5 Å². The molecule has 1 heterocycles. The van der Waals surface area contributed by atoms with Crippen LogP contribution in [0.1, 0.15) is 40.4 Å². The van der Waals surface area contributed by atoms with E-state index in [1.165, 1.54) is 0 Å². The number of nitrogen functional groups attached to an aromatic ring is 1. The van der Waals surface area contributed by atoms with E-state index in [1.54, 1.807) is 0 Å². The average molecular weight is 289 g/mol. The molecular weight excluding hydrogens is 275 g/mol. The van der Waals surface area contributed by atoms with Crippen LogP contribution in [-0.4, -0.2) is 19.7 Å². The van der Waals surface area contributed by atoms with Gasteiger partial charge in [-0.1, -0.05) is 0 Å².